The Hall–Kier alpha value is -4.66. The summed E-state index contributed by atoms with van der Waals surface area (Å²) in [4.78, 5) is 38.9. The van der Waals surface area contributed by atoms with Crippen molar-refractivity contribution in [3.8, 4) is 16.9 Å². The van der Waals surface area contributed by atoms with Gasteiger partial charge in [-0.25, -0.2) is 4.79 Å². The number of hydrogen-bond donors (Lipinski definition) is 1. The Kier molecular flexibility index (Phi) is 6.59. The lowest BCUT2D eigenvalue weighted by Gasteiger charge is -2.28. The summed E-state index contributed by atoms with van der Waals surface area (Å²) in [5, 5.41) is 15.3. The Balaban J connectivity index is 1.42. The van der Waals surface area contributed by atoms with Crippen LogP contribution in [-0.4, -0.2) is 31.0 Å². The Morgan fingerprint density at radius 3 is 2.54 bits per heavy atom. The smallest absolute Gasteiger partial charge is 0.344 e. The standard InChI is InChI=1S/C28H25N3O6/c1-36-26-17-20(10-11-21(26)22-15-18-7-3-4-8-25(18)37-28(22)33)29-27(32)19-9-12-23(24(16-19)31(34)35)30-13-5-2-6-14-30/h3-4,7-12,15-17H,2,5-6,13-14H2,1H3,(H,29,32). The number of nitro benzene ring substituents is 1. The van der Waals surface area contributed by atoms with Gasteiger partial charge in [0.25, 0.3) is 11.6 Å². The number of carbonyl (C=O) groups excluding carboxylic acids is 1. The molecule has 2 heterocycles. The van der Waals surface area contributed by atoms with Crippen LogP contribution in [0.4, 0.5) is 17.1 Å². The third-order valence-corrected chi connectivity index (χ3v) is 6.52. The summed E-state index contributed by atoms with van der Waals surface area (Å²) >= 11 is 0. The molecule has 1 aromatic heterocycles. The summed E-state index contributed by atoms with van der Waals surface area (Å²) in [7, 11) is 1.47. The number of piperidine rings is 1. The maximum absolute atomic E-state index is 13.0. The van der Waals surface area contributed by atoms with Crippen molar-refractivity contribution in [2.24, 2.45) is 0 Å². The van der Waals surface area contributed by atoms with Crippen molar-refractivity contribution in [2.75, 3.05) is 30.4 Å². The fourth-order valence-corrected chi connectivity index (χ4v) is 4.66. The highest BCUT2D eigenvalue weighted by molar-refractivity contribution is 6.05. The molecule has 0 bridgehead atoms. The van der Waals surface area contributed by atoms with Gasteiger partial charge in [0.1, 0.15) is 17.0 Å². The molecule has 0 aliphatic carbocycles. The van der Waals surface area contributed by atoms with Crippen LogP contribution < -0.4 is 20.6 Å². The van der Waals surface area contributed by atoms with Crippen molar-refractivity contribution >= 4 is 33.9 Å². The van der Waals surface area contributed by atoms with Crippen molar-refractivity contribution < 1.29 is 18.9 Å². The molecule has 0 spiro atoms. The molecular formula is C28H25N3O6. The number of anilines is 2. The van der Waals surface area contributed by atoms with Gasteiger partial charge >= 0.3 is 5.63 Å². The molecule has 9 nitrogen and oxygen atoms in total. The second-order valence-corrected chi connectivity index (χ2v) is 8.86. The lowest BCUT2D eigenvalue weighted by molar-refractivity contribution is -0.384. The largest absolute Gasteiger partial charge is 0.496 e. The van der Waals surface area contributed by atoms with E-state index in [0.29, 0.717) is 33.8 Å². The van der Waals surface area contributed by atoms with Gasteiger partial charge < -0.3 is 19.4 Å². The molecule has 0 atom stereocenters. The van der Waals surface area contributed by atoms with Crippen LogP contribution in [-0.2, 0) is 0 Å². The van der Waals surface area contributed by atoms with Crippen LogP contribution in [0, 0.1) is 10.1 Å². The van der Waals surface area contributed by atoms with Gasteiger partial charge in [0.2, 0.25) is 0 Å². The molecule has 4 aromatic rings. The van der Waals surface area contributed by atoms with Crippen molar-refractivity contribution in [2.45, 2.75) is 19.3 Å². The molecule has 0 saturated carbocycles. The van der Waals surface area contributed by atoms with Crippen LogP contribution in [0.3, 0.4) is 0 Å². The van der Waals surface area contributed by atoms with E-state index >= 15 is 0 Å². The number of nitro groups is 1. The van der Waals surface area contributed by atoms with Crippen LogP contribution in [0.2, 0.25) is 0 Å². The van der Waals surface area contributed by atoms with E-state index in [1.807, 2.05) is 17.0 Å². The van der Waals surface area contributed by atoms with E-state index in [1.165, 1.54) is 13.2 Å². The van der Waals surface area contributed by atoms with Crippen molar-refractivity contribution in [1.29, 1.82) is 0 Å². The topological polar surface area (TPSA) is 115 Å². The molecule has 1 fully saturated rings. The molecule has 1 aliphatic heterocycles. The number of ether oxygens (including phenoxy) is 1. The Labute approximate surface area is 212 Å². The molecule has 1 aliphatic rings. The van der Waals surface area contributed by atoms with Crippen LogP contribution in [0.25, 0.3) is 22.1 Å². The first-order chi connectivity index (χ1) is 17.9. The third kappa shape index (κ3) is 4.88. The van der Waals surface area contributed by atoms with Gasteiger partial charge in [-0.2, -0.15) is 0 Å². The van der Waals surface area contributed by atoms with Crippen molar-refractivity contribution in [1.82, 2.24) is 0 Å². The number of carbonyl (C=O) groups is 1. The fraction of sp³-hybridized carbons (Fsp3) is 0.214. The molecule has 188 valence electrons. The highest BCUT2D eigenvalue weighted by atomic mass is 16.6. The zero-order chi connectivity index (χ0) is 25.9. The zero-order valence-electron chi connectivity index (χ0n) is 20.2. The number of fused-ring (bicyclic) bond motifs is 1. The number of methoxy groups -OCH3 is 1. The summed E-state index contributed by atoms with van der Waals surface area (Å²) in [5.41, 5.74) is 1.85. The molecule has 1 saturated heterocycles. The number of para-hydroxylation sites is 1. The van der Waals surface area contributed by atoms with Gasteiger partial charge in [0.05, 0.1) is 17.6 Å². The summed E-state index contributed by atoms with van der Waals surface area (Å²) < 4.78 is 10.9. The van der Waals surface area contributed by atoms with Crippen LogP contribution in [0.1, 0.15) is 29.6 Å². The molecule has 5 rings (SSSR count). The first-order valence-corrected chi connectivity index (χ1v) is 12.0. The number of hydrogen-bond acceptors (Lipinski definition) is 7. The van der Waals surface area contributed by atoms with Crippen LogP contribution >= 0.6 is 0 Å². The molecule has 37 heavy (non-hydrogen) atoms. The van der Waals surface area contributed by atoms with E-state index in [2.05, 4.69) is 5.32 Å². The molecule has 3 aromatic carbocycles. The van der Waals surface area contributed by atoms with Gasteiger partial charge in [-0.1, -0.05) is 18.2 Å². The summed E-state index contributed by atoms with van der Waals surface area (Å²) in [6.07, 6.45) is 3.08. The third-order valence-electron chi connectivity index (χ3n) is 6.52. The van der Waals surface area contributed by atoms with Crippen molar-refractivity contribution in [3.05, 3.63) is 92.8 Å². The second-order valence-electron chi connectivity index (χ2n) is 8.86. The normalized spacial score (nSPS) is 13.4. The lowest BCUT2D eigenvalue weighted by Crippen LogP contribution is -2.30. The first-order valence-electron chi connectivity index (χ1n) is 12.0. The van der Waals surface area contributed by atoms with E-state index in [9.17, 15) is 19.7 Å². The molecule has 1 amide bonds. The summed E-state index contributed by atoms with van der Waals surface area (Å²) in [6, 6.07) is 18.4. The minimum atomic E-state index is -0.505. The molecule has 0 radical (unpaired) electrons. The second kappa shape index (κ2) is 10.1. The Morgan fingerprint density at radius 2 is 1.78 bits per heavy atom. The quantitative estimate of drug-likeness (QED) is 0.208. The van der Waals surface area contributed by atoms with E-state index in [0.717, 1.165) is 37.7 Å². The van der Waals surface area contributed by atoms with Crippen molar-refractivity contribution in [3.63, 3.8) is 0 Å². The average molecular weight is 500 g/mol. The molecular weight excluding hydrogens is 474 g/mol. The lowest BCUT2D eigenvalue weighted by atomic mass is 10.0. The van der Waals surface area contributed by atoms with Gasteiger partial charge in [0.15, 0.2) is 0 Å². The minimum absolute atomic E-state index is 0.0921. The predicted molar refractivity (Wildman–Crippen MR) is 142 cm³/mol. The molecule has 9 heteroatoms. The number of nitrogens with zero attached hydrogens (tertiary/aromatic N) is 2. The predicted octanol–water partition coefficient (Wildman–Crippen LogP) is 5.62. The average Bonchev–Trinajstić information content (AvgIpc) is 2.92. The number of amides is 1. The maximum atomic E-state index is 13.0. The van der Waals surface area contributed by atoms with Crippen LogP contribution in [0.5, 0.6) is 5.75 Å². The summed E-state index contributed by atoms with van der Waals surface area (Å²) in [6.45, 7) is 1.52. The highest BCUT2D eigenvalue weighted by Gasteiger charge is 2.23. The number of benzene rings is 3. The number of rotatable bonds is 6. The van der Waals surface area contributed by atoms with Gasteiger partial charge in [0, 0.05) is 47.4 Å². The highest BCUT2D eigenvalue weighted by Crippen LogP contribution is 2.34. The van der Waals surface area contributed by atoms with E-state index in [-0.39, 0.29) is 11.3 Å². The summed E-state index contributed by atoms with van der Waals surface area (Å²) in [5.74, 6) is -0.125. The van der Waals surface area contributed by atoms with Gasteiger partial charge in [-0.05, 0) is 55.7 Å². The van der Waals surface area contributed by atoms with E-state index < -0.39 is 16.5 Å². The van der Waals surface area contributed by atoms with Gasteiger partial charge in [-0.15, -0.1) is 0 Å². The molecule has 0 unspecified atom stereocenters. The maximum Gasteiger partial charge on any atom is 0.344 e. The SMILES string of the molecule is COc1cc(NC(=O)c2ccc(N3CCCCC3)c([N+](=O)[O-])c2)ccc1-c1cc2ccccc2oc1=O. The van der Waals surface area contributed by atoms with Crippen LogP contribution in [0.15, 0.2) is 75.9 Å². The number of nitrogens with one attached hydrogen (secondary N) is 1. The zero-order valence-corrected chi connectivity index (χ0v) is 20.2. The first kappa shape index (κ1) is 24.1. The monoisotopic (exact) mass is 499 g/mol. The molecule has 1 N–H and O–H groups in total. The Bertz CT molecular complexity index is 1560. The van der Waals surface area contributed by atoms with Gasteiger partial charge in [-0.3, -0.25) is 14.9 Å². The van der Waals surface area contributed by atoms with E-state index in [1.54, 1.807) is 48.5 Å². The Morgan fingerprint density at radius 1 is 1.00 bits per heavy atom. The minimum Gasteiger partial charge on any atom is -0.496 e. The van der Waals surface area contributed by atoms with E-state index in [4.69, 9.17) is 9.15 Å². The fourth-order valence-electron chi connectivity index (χ4n) is 4.66.